The molecule has 104 valence electrons. The highest BCUT2D eigenvalue weighted by atomic mass is 15.1. The molecule has 0 bridgehead atoms. The quantitative estimate of drug-likeness (QED) is 0.897. The van der Waals surface area contributed by atoms with Crippen LogP contribution in [0.3, 0.4) is 0 Å². The van der Waals surface area contributed by atoms with Crippen LogP contribution in [0.15, 0.2) is 24.5 Å². The molecule has 1 heterocycles. The fourth-order valence-electron chi connectivity index (χ4n) is 2.38. The molecule has 0 saturated carbocycles. The van der Waals surface area contributed by atoms with Crippen molar-refractivity contribution < 1.29 is 0 Å². The highest BCUT2D eigenvalue weighted by molar-refractivity contribution is 5.79. The third kappa shape index (κ3) is 2.89. The molecule has 0 fully saturated rings. The normalized spacial score (nSPS) is 13.2. The summed E-state index contributed by atoms with van der Waals surface area (Å²) in [5, 5.41) is 0. The number of aryl methyl sites for hydroxylation is 1. The largest absolute Gasteiger partial charge is 0.374 e. The second kappa shape index (κ2) is 5.61. The third-order valence-electron chi connectivity index (χ3n) is 3.90. The van der Waals surface area contributed by atoms with Crippen LogP contribution in [0.1, 0.15) is 13.8 Å². The average molecular weight is 260 g/mol. The molecular formula is C15H24N4. The van der Waals surface area contributed by atoms with E-state index in [4.69, 9.17) is 5.73 Å². The Hall–Kier alpha value is -1.55. The van der Waals surface area contributed by atoms with Crippen molar-refractivity contribution in [3.8, 4) is 0 Å². The molecular weight excluding hydrogens is 236 g/mol. The first-order valence-electron chi connectivity index (χ1n) is 6.85. The Morgan fingerprint density at radius 3 is 2.74 bits per heavy atom. The van der Waals surface area contributed by atoms with Gasteiger partial charge < -0.3 is 15.2 Å². The lowest BCUT2D eigenvalue weighted by Crippen LogP contribution is -2.33. The monoisotopic (exact) mass is 260 g/mol. The Labute approximate surface area is 115 Å². The van der Waals surface area contributed by atoms with E-state index in [0.29, 0.717) is 11.8 Å². The first-order valence-corrected chi connectivity index (χ1v) is 6.85. The number of rotatable bonds is 5. The highest BCUT2D eigenvalue weighted by Crippen LogP contribution is 2.22. The van der Waals surface area contributed by atoms with Crippen molar-refractivity contribution in [2.75, 3.05) is 25.0 Å². The molecule has 1 aromatic carbocycles. The van der Waals surface area contributed by atoms with Crippen molar-refractivity contribution in [3.05, 3.63) is 24.5 Å². The van der Waals surface area contributed by atoms with Gasteiger partial charge in [0.15, 0.2) is 0 Å². The second-order valence-corrected chi connectivity index (χ2v) is 5.65. The Kier molecular flexibility index (Phi) is 4.10. The van der Waals surface area contributed by atoms with Gasteiger partial charge in [0.25, 0.3) is 0 Å². The molecule has 0 saturated heterocycles. The third-order valence-corrected chi connectivity index (χ3v) is 3.90. The Bertz CT molecular complexity index is 544. The van der Waals surface area contributed by atoms with Crippen LogP contribution in [0.5, 0.6) is 0 Å². The molecule has 0 aliphatic rings. The van der Waals surface area contributed by atoms with E-state index in [2.05, 4.69) is 49.0 Å². The number of benzene rings is 1. The summed E-state index contributed by atoms with van der Waals surface area (Å²) in [5.74, 6) is 1.12. The molecule has 0 spiro atoms. The molecule has 2 rings (SSSR count). The van der Waals surface area contributed by atoms with E-state index in [1.807, 2.05) is 17.9 Å². The molecule has 2 aromatic rings. The van der Waals surface area contributed by atoms with Crippen molar-refractivity contribution in [2.24, 2.45) is 24.6 Å². The molecule has 0 aliphatic heterocycles. The van der Waals surface area contributed by atoms with E-state index in [9.17, 15) is 0 Å². The van der Waals surface area contributed by atoms with Crippen LogP contribution < -0.4 is 10.6 Å². The number of nitrogens with two attached hydrogens (primary N) is 1. The molecule has 19 heavy (non-hydrogen) atoms. The van der Waals surface area contributed by atoms with Gasteiger partial charge in [0.1, 0.15) is 0 Å². The molecule has 2 N–H and O–H groups in total. The summed E-state index contributed by atoms with van der Waals surface area (Å²) in [5.41, 5.74) is 9.26. The zero-order valence-electron chi connectivity index (χ0n) is 12.3. The fraction of sp³-hybridized carbons (Fsp3) is 0.533. The van der Waals surface area contributed by atoms with Crippen molar-refractivity contribution in [2.45, 2.75) is 13.8 Å². The number of imidazole rings is 1. The van der Waals surface area contributed by atoms with E-state index < -0.39 is 0 Å². The van der Waals surface area contributed by atoms with Gasteiger partial charge in [-0.15, -0.1) is 0 Å². The van der Waals surface area contributed by atoms with Crippen LogP contribution in [0, 0.1) is 11.8 Å². The van der Waals surface area contributed by atoms with Crippen LogP contribution in [-0.4, -0.2) is 29.7 Å². The van der Waals surface area contributed by atoms with Crippen LogP contribution >= 0.6 is 0 Å². The van der Waals surface area contributed by atoms with Crippen LogP contribution in [0.25, 0.3) is 11.0 Å². The van der Waals surface area contributed by atoms with Gasteiger partial charge in [-0.25, -0.2) is 4.98 Å². The minimum absolute atomic E-state index is 0.518. The van der Waals surface area contributed by atoms with E-state index >= 15 is 0 Å². The van der Waals surface area contributed by atoms with E-state index in [-0.39, 0.29) is 0 Å². The summed E-state index contributed by atoms with van der Waals surface area (Å²) in [6.45, 7) is 6.17. The van der Waals surface area contributed by atoms with Crippen LogP contribution in [0.2, 0.25) is 0 Å². The summed E-state index contributed by atoms with van der Waals surface area (Å²) in [7, 11) is 4.14. The van der Waals surface area contributed by atoms with E-state index in [1.165, 1.54) is 5.69 Å². The number of hydrogen-bond donors (Lipinski definition) is 1. The number of aromatic nitrogens is 2. The maximum absolute atomic E-state index is 5.85. The topological polar surface area (TPSA) is 47.1 Å². The molecule has 1 aromatic heterocycles. The van der Waals surface area contributed by atoms with Gasteiger partial charge >= 0.3 is 0 Å². The van der Waals surface area contributed by atoms with Crippen LogP contribution in [-0.2, 0) is 7.05 Å². The molecule has 0 radical (unpaired) electrons. The fourth-order valence-corrected chi connectivity index (χ4v) is 2.38. The summed E-state index contributed by atoms with van der Waals surface area (Å²) >= 11 is 0. The summed E-state index contributed by atoms with van der Waals surface area (Å²) in [6.07, 6.45) is 1.85. The maximum atomic E-state index is 5.85. The molecule has 0 amide bonds. The number of nitrogens with zero attached hydrogens (tertiary/aromatic N) is 3. The molecule has 1 unspecified atom stereocenters. The van der Waals surface area contributed by atoms with Crippen molar-refractivity contribution in [3.63, 3.8) is 0 Å². The summed E-state index contributed by atoms with van der Waals surface area (Å²) in [6, 6.07) is 6.42. The van der Waals surface area contributed by atoms with Gasteiger partial charge in [-0.3, -0.25) is 0 Å². The average Bonchev–Trinajstić information content (AvgIpc) is 2.76. The molecule has 1 atom stereocenters. The minimum Gasteiger partial charge on any atom is -0.374 e. The molecule has 4 nitrogen and oxygen atoms in total. The van der Waals surface area contributed by atoms with Crippen molar-refractivity contribution in [1.82, 2.24) is 9.55 Å². The van der Waals surface area contributed by atoms with Gasteiger partial charge in [-0.05, 0) is 36.6 Å². The Morgan fingerprint density at radius 2 is 2.11 bits per heavy atom. The number of fused-ring (bicyclic) bond motifs is 1. The molecule has 0 aliphatic carbocycles. The Morgan fingerprint density at radius 1 is 1.37 bits per heavy atom. The van der Waals surface area contributed by atoms with Gasteiger partial charge in [0.05, 0.1) is 17.4 Å². The summed E-state index contributed by atoms with van der Waals surface area (Å²) in [4.78, 5) is 6.68. The van der Waals surface area contributed by atoms with Crippen molar-refractivity contribution in [1.29, 1.82) is 0 Å². The second-order valence-electron chi connectivity index (χ2n) is 5.65. The van der Waals surface area contributed by atoms with Gasteiger partial charge in [-0.1, -0.05) is 13.8 Å². The lowest BCUT2D eigenvalue weighted by molar-refractivity contribution is 0.398. The minimum atomic E-state index is 0.518. The van der Waals surface area contributed by atoms with Gasteiger partial charge in [0, 0.05) is 26.3 Å². The Balaban J connectivity index is 2.19. The van der Waals surface area contributed by atoms with Crippen molar-refractivity contribution >= 4 is 16.7 Å². The predicted octanol–water partition coefficient (Wildman–Crippen LogP) is 2.24. The van der Waals surface area contributed by atoms with Crippen LogP contribution in [0.4, 0.5) is 5.69 Å². The summed E-state index contributed by atoms with van der Waals surface area (Å²) < 4.78 is 2.04. The first-order chi connectivity index (χ1) is 9.02. The van der Waals surface area contributed by atoms with E-state index in [0.717, 1.165) is 24.1 Å². The van der Waals surface area contributed by atoms with Gasteiger partial charge in [-0.2, -0.15) is 0 Å². The highest BCUT2D eigenvalue weighted by Gasteiger charge is 2.14. The standard InChI is InChI=1S/C15H24N4/c1-11(2)12(8-16)9-18(3)13-5-6-15-14(7-13)17-10-19(15)4/h5-7,10-12H,8-9,16H2,1-4H3. The SMILES string of the molecule is CC(C)C(CN)CN(C)c1ccc2c(c1)ncn2C. The lowest BCUT2D eigenvalue weighted by Gasteiger charge is -2.27. The lowest BCUT2D eigenvalue weighted by atomic mass is 9.95. The zero-order chi connectivity index (χ0) is 14.0. The van der Waals surface area contributed by atoms with Gasteiger partial charge in [0.2, 0.25) is 0 Å². The predicted molar refractivity (Wildman–Crippen MR) is 81.4 cm³/mol. The smallest absolute Gasteiger partial charge is 0.0955 e. The zero-order valence-corrected chi connectivity index (χ0v) is 12.3. The first kappa shape index (κ1) is 13.9. The molecule has 4 heteroatoms. The number of anilines is 1. The van der Waals surface area contributed by atoms with E-state index in [1.54, 1.807) is 0 Å². The maximum Gasteiger partial charge on any atom is 0.0955 e. The number of hydrogen-bond acceptors (Lipinski definition) is 3.